The Morgan fingerprint density at radius 3 is 2.59 bits per heavy atom. The number of halogens is 2. The fraction of sp³-hybridized carbons (Fsp3) is 0.278. The van der Waals surface area contributed by atoms with Crippen molar-refractivity contribution in [1.82, 2.24) is 4.90 Å². The Labute approximate surface area is 168 Å². The van der Waals surface area contributed by atoms with Gasteiger partial charge in [-0.05, 0) is 54.3 Å². The highest BCUT2D eigenvalue weighted by Gasteiger charge is 2.23. The van der Waals surface area contributed by atoms with E-state index >= 15 is 0 Å². The number of anilines is 1. The quantitative estimate of drug-likeness (QED) is 0.793. The van der Waals surface area contributed by atoms with Gasteiger partial charge in [0.15, 0.2) is 0 Å². The molecule has 1 aliphatic rings. The molecule has 0 unspecified atom stereocenters. The number of carbonyl (C=O) groups excluding carboxylic acids is 1. The summed E-state index contributed by atoms with van der Waals surface area (Å²) >= 11 is 12.1. The van der Waals surface area contributed by atoms with Gasteiger partial charge in [-0.25, -0.2) is 13.2 Å². The number of aryl methyl sites for hydroxylation is 1. The number of methoxy groups -OCH3 is 1. The van der Waals surface area contributed by atoms with Gasteiger partial charge in [0, 0.05) is 23.8 Å². The molecule has 0 aromatic heterocycles. The van der Waals surface area contributed by atoms with Crippen molar-refractivity contribution in [2.45, 2.75) is 24.8 Å². The number of nitrogens with zero attached hydrogens (tertiary/aromatic N) is 1. The fourth-order valence-corrected chi connectivity index (χ4v) is 4.84. The molecule has 0 atom stereocenters. The van der Waals surface area contributed by atoms with E-state index in [1.807, 2.05) is 6.07 Å². The van der Waals surface area contributed by atoms with Crippen LogP contribution in [0, 0.1) is 6.92 Å². The Bertz CT molecular complexity index is 1010. The highest BCUT2D eigenvalue weighted by atomic mass is 35.5. The van der Waals surface area contributed by atoms with Gasteiger partial charge in [-0.2, -0.15) is 0 Å². The van der Waals surface area contributed by atoms with Gasteiger partial charge in [0.2, 0.25) is 0 Å². The largest absolute Gasteiger partial charge is 0.453 e. The summed E-state index contributed by atoms with van der Waals surface area (Å²) in [6, 6.07) is 8.12. The van der Waals surface area contributed by atoms with E-state index in [0.717, 1.165) is 11.1 Å². The molecule has 0 fully saturated rings. The van der Waals surface area contributed by atoms with Crippen LogP contribution in [0.15, 0.2) is 35.2 Å². The maximum atomic E-state index is 12.7. The first-order valence-electron chi connectivity index (χ1n) is 8.14. The summed E-state index contributed by atoms with van der Waals surface area (Å²) in [5.74, 6) is 0. The maximum absolute atomic E-state index is 12.7. The first-order valence-corrected chi connectivity index (χ1v) is 10.4. The highest BCUT2D eigenvalue weighted by Crippen LogP contribution is 2.30. The molecule has 2 aromatic carbocycles. The van der Waals surface area contributed by atoms with Crippen LogP contribution in [-0.2, 0) is 27.7 Å². The highest BCUT2D eigenvalue weighted by molar-refractivity contribution is 7.92. The molecule has 0 radical (unpaired) electrons. The first kappa shape index (κ1) is 19.8. The van der Waals surface area contributed by atoms with Gasteiger partial charge < -0.3 is 9.64 Å². The van der Waals surface area contributed by atoms with Gasteiger partial charge in [0.25, 0.3) is 10.0 Å². The number of nitrogens with one attached hydrogen (secondary N) is 1. The average Bonchev–Trinajstić information content (AvgIpc) is 2.63. The standard InChI is InChI=1S/C18H18Cl2N2O4S/c1-11-7-17(16(20)9-15(11)19)27(24,25)21-14-4-3-12-5-6-22(18(23)26-2)10-13(12)8-14/h3-4,7-9,21H,5-6,10H2,1-2H3. The normalized spacial score (nSPS) is 13.9. The molecule has 0 bridgehead atoms. The van der Waals surface area contributed by atoms with Crippen molar-refractivity contribution in [3.8, 4) is 0 Å². The zero-order valence-electron chi connectivity index (χ0n) is 14.8. The minimum absolute atomic E-state index is 0.0417. The van der Waals surface area contributed by atoms with Crippen molar-refractivity contribution in [1.29, 1.82) is 0 Å². The van der Waals surface area contributed by atoms with Gasteiger partial charge in [-0.15, -0.1) is 0 Å². The van der Waals surface area contributed by atoms with Gasteiger partial charge in [-0.1, -0.05) is 29.3 Å². The SMILES string of the molecule is COC(=O)N1CCc2ccc(NS(=O)(=O)c3cc(C)c(Cl)cc3Cl)cc2C1. The van der Waals surface area contributed by atoms with Gasteiger partial charge in [0.1, 0.15) is 4.90 Å². The molecule has 1 heterocycles. The lowest BCUT2D eigenvalue weighted by Gasteiger charge is -2.28. The molecule has 1 aliphatic heterocycles. The third-order valence-corrected chi connectivity index (χ3v) is 6.66. The van der Waals surface area contributed by atoms with Crippen LogP contribution < -0.4 is 4.72 Å². The van der Waals surface area contributed by atoms with Gasteiger partial charge in [-0.3, -0.25) is 4.72 Å². The summed E-state index contributed by atoms with van der Waals surface area (Å²) in [6.45, 7) is 2.63. The van der Waals surface area contributed by atoms with Crippen LogP contribution in [0.2, 0.25) is 10.0 Å². The Hall–Kier alpha value is -1.96. The van der Waals surface area contributed by atoms with E-state index in [1.165, 1.54) is 19.2 Å². The van der Waals surface area contributed by atoms with E-state index in [-0.39, 0.29) is 9.92 Å². The zero-order chi connectivity index (χ0) is 19.8. The maximum Gasteiger partial charge on any atom is 0.409 e. The molecule has 0 spiro atoms. The topological polar surface area (TPSA) is 75.7 Å². The van der Waals surface area contributed by atoms with E-state index in [0.29, 0.717) is 35.8 Å². The smallest absolute Gasteiger partial charge is 0.409 e. The molecule has 6 nitrogen and oxygen atoms in total. The Balaban J connectivity index is 1.88. The number of fused-ring (bicyclic) bond motifs is 1. The third kappa shape index (κ3) is 4.15. The molecule has 3 rings (SSSR count). The summed E-state index contributed by atoms with van der Waals surface area (Å²) in [5.41, 5.74) is 2.94. The zero-order valence-corrected chi connectivity index (χ0v) is 17.1. The Morgan fingerprint density at radius 2 is 1.89 bits per heavy atom. The number of sulfonamides is 1. The molecule has 1 amide bonds. The summed E-state index contributed by atoms with van der Waals surface area (Å²) in [5, 5.41) is 0.448. The molecule has 0 aliphatic carbocycles. The second-order valence-electron chi connectivity index (χ2n) is 6.26. The van der Waals surface area contributed by atoms with Gasteiger partial charge in [0.05, 0.1) is 12.1 Å². The van der Waals surface area contributed by atoms with Crippen LogP contribution in [0.25, 0.3) is 0 Å². The molecule has 144 valence electrons. The second-order valence-corrected chi connectivity index (χ2v) is 8.73. The second kappa shape index (κ2) is 7.58. The van der Waals surface area contributed by atoms with Gasteiger partial charge >= 0.3 is 6.09 Å². The van der Waals surface area contributed by atoms with E-state index in [2.05, 4.69) is 4.72 Å². The number of rotatable bonds is 3. The third-order valence-electron chi connectivity index (χ3n) is 4.41. The minimum Gasteiger partial charge on any atom is -0.453 e. The summed E-state index contributed by atoms with van der Waals surface area (Å²) in [4.78, 5) is 13.3. The van der Waals surface area contributed by atoms with Crippen molar-refractivity contribution in [2.75, 3.05) is 18.4 Å². The molecular formula is C18H18Cl2N2O4S. The number of carbonyl (C=O) groups is 1. The number of benzene rings is 2. The lowest BCUT2D eigenvalue weighted by Crippen LogP contribution is -2.35. The average molecular weight is 429 g/mol. The molecule has 0 saturated heterocycles. The van der Waals surface area contributed by atoms with Crippen LogP contribution in [0.1, 0.15) is 16.7 Å². The molecule has 9 heteroatoms. The Kier molecular flexibility index (Phi) is 5.55. The van der Waals surface area contributed by atoms with E-state index in [9.17, 15) is 13.2 Å². The summed E-state index contributed by atoms with van der Waals surface area (Å²) < 4.78 is 32.8. The molecular weight excluding hydrogens is 411 g/mol. The van der Waals surface area contributed by atoms with E-state index in [1.54, 1.807) is 24.0 Å². The van der Waals surface area contributed by atoms with Crippen molar-refractivity contribution >= 4 is 45.0 Å². The first-order chi connectivity index (χ1) is 12.7. The van der Waals surface area contributed by atoms with Crippen molar-refractivity contribution in [2.24, 2.45) is 0 Å². The number of hydrogen-bond donors (Lipinski definition) is 1. The summed E-state index contributed by atoms with van der Waals surface area (Å²) in [7, 11) is -2.56. The lowest BCUT2D eigenvalue weighted by molar-refractivity contribution is 0.118. The lowest BCUT2D eigenvalue weighted by atomic mass is 9.99. The van der Waals surface area contributed by atoms with Crippen molar-refractivity contribution < 1.29 is 17.9 Å². The minimum atomic E-state index is -3.89. The van der Waals surface area contributed by atoms with Crippen molar-refractivity contribution in [3.63, 3.8) is 0 Å². The Morgan fingerprint density at radius 1 is 1.15 bits per heavy atom. The molecule has 2 aromatic rings. The predicted molar refractivity (Wildman–Crippen MR) is 105 cm³/mol. The number of hydrogen-bond acceptors (Lipinski definition) is 4. The van der Waals surface area contributed by atoms with Crippen LogP contribution in [0.5, 0.6) is 0 Å². The molecule has 0 saturated carbocycles. The molecule has 27 heavy (non-hydrogen) atoms. The number of ether oxygens (including phenoxy) is 1. The van der Waals surface area contributed by atoms with Crippen LogP contribution >= 0.6 is 23.2 Å². The van der Waals surface area contributed by atoms with Crippen LogP contribution in [-0.4, -0.2) is 33.1 Å². The van der Waals surface area contributed by atoms with Crippen LogP contribution in [0.3, 0.4) is 0 Å². The number of amides is 1. The fourth-order valence-electron chi connectivity index (χ4n) is 2.95. The van der Waals surface area contributed by atoms with Crippen molar-refractivity contribution in [3.05, 3.63) is 57.1 Å². The monoisotopic (exact) mass is 428 g/mol. The molecule has 1 N–H and O–H groups in total. The van der Waals surface area contributed by atoms with Crippen LogP contribution in [0.4, 0.5) is 10.5 Å². The van der Waals surface area contributed by atoms with E-state index in [4.69, 9.17) is 27.9 Å². The van der Waals surface area contributed by atoms with E-state index < -0.39 is 16.1 Å². The summed E-state index contributed by atoms with van der Waals surface area (Å²) in [6.07, 6.45) is 0.273. The predicted octanol–water partition coefficient (Wildman–Crippen LogP) is 4.23.